The molecule has 0 unspecified atom stereocenters. The zero-order valence-corrected chi connectivity index (χ0v) is 10.5. The van der Waals surface area contributed by atoms with Crippen molar-refractivity contribution in [1.29, 1.82) is 0 Å². The third-order valence-electron chi connectivity index (χ3n) is 2.50. The van der Waals surface area contributed by atoms with Crippen molar-refractivity contribution in [2.75, 3.05) is 6.61 Å². The molecule has 0 aliphatic rings. The zero-order chi connectivity index (χ0) is 12.8. The van der Waals surface area contributed by atoms with E-state index in [-0.39, 0.29) is 18.6 Å². The van der Waals surface area contributed by atoms with Crippen molar-refractivity contribution in [2.24, 2.45) is 0 Å². The predicted octanol–water partition coefficient (Wildman–Crippen LogP) is 1.81. The minimum Gasteiger partial charge on any atom is -0.394 e. The minimum atomic E-state index is -0.216. The van der Waals surface area contributed by atoms with Gasteiger partial charge in [0, 0.05) is 12.1 Å². The summed E-state index contributed by atoms with van der Waals surface area (Å²) in [5, 5.41) is 11.5. The average molecular weight is 233 g/mol. The number of aryl methyl sites for hydroxylation is 2. The van der Waals surface area contributed by atoms with E-state index < -0.39 is 0 Å². The van der Waals surface area contributed by atoms with Crippen LogP contribution in [-0.2, 0) is 4.79 Å². The van der Waals surface area contributed by atoms with Crippen LogP contribution in [0.3, 0.4) is 0 Å². The molecule has 3 nitrogen and oxygen atoms in total. The maximum Gasteiger partial charge on any atom is 0.244 e. The standard InChI is InChI=1S/C14H19NO2/c1-10-4-5-13(11(2)8-10)6-7-14(17)15-12(3)9-16/h4-8,12,16H,9H2,1-3H3,(H,15,17)/t12-/m1/s1. The maximum absolute atomic E-state index is 11.5. The molecule has 0 saturated carbocycles. The summed E-state index contributed by atoms with van der Waals surface area (Å²) in [6.07, 6.45) is 3.28. The molecule has 0 heterocycles. The van der Waals surface area contributed by atoms with Gasteiger partial charge in [-0.25, -0.2) is 0 Å². The van der Waals surface area contributed by atoms with Crippen LogP contribution in [0.1, 0.15) is 23.6 Å². The molecular formula is C14H19NO2. The van der Waals surface area contributed by atoms with Crippen LogP contribution in [0.25, 0.3) is 6.08 Å². The third kappa shape index (κ3) is 4.41. The van der Waals surface area contributed by atoms with E-state index in [1.165, 1.54) is 11.6 Å². The summed E-state index contributed by atoms with van der Waals surface area (Å²) >= 11 is 0. The molecule has 1 rings (SSSR count). The van der Waals surface area contributed by atoms with Crippen LogP contribution in [0.5, 0.6) is 0 Å². The lowest BCUT2D eigenvalue weighted by molar-refractivity contribution is -0.117. The van der Waals surface area contributed by atoms with Gasteiger partial charge in [-0.05, 0) is 38.0 Å². The minimum absolute atomic E-state index is 0.0524. The first kappa shape index (κ1) is 13.5. The Kier molecular flexibility index (Phi) is 4.91. The number of hydrogen-bond donors (Lipinski definition) is 2. The highest BCUT2D eigenvalue weighted by molar-refractivity contribution is 5.92. The zero-order valence-electron chi connectivity index (χ0n) is 10.5. The van der Waals surface area contributed by atoms with Crippen molar-refractivity contribution in [2.45, 2.75) is 26.8 Å². The number of amides is 1. The quantitative estimate of drug-likeness (QED) is 0.779. The lowest BCUT2D eigenvalue weighted by atomic mass is 10.1. The first-order valence-electron chi connectivity index (χ1n) is 5.69. The molecule has 3 heteroatoms. The van der Waals surface area contributed by atoms with Gasteiger partial charge in [-0.1, -0.05) is 23.8 Å². The molecule has 1 aromatic carbocycles. The topological polar surface area (TPSA) is 49.3 Å². The number of carbonyl (C=O) groups is 1. The first-order chi connectivity index (χ1) is 8.02. The van der Waals surface area contributed by atoms with E-state index in [1.54, 1.807) is 13.0 Å². The molecule has 0 fully saturated rings. The molecule has 0 aliphatic heterocycles. The molecule has 0 bridgehead atoms. The van der Waals surface area contributed by atoms with E-state index in [4.69, 9.17) is 5.11 Å². The molecule has 2 N–H and O–H groups in total. The highest BCUT2D eigenvalue weighted by Gasteiger charge is 2.02. The van der Waals surface area contributed by atoms with E-state index in [1.807, 2.05) is 26.0 Å². The van der Waals surface area contributed by atoms with Crippen LogP contribution in [-0.4, -0.2) is 23.7 Å². The number of rotatable bonds is 4. The highest BCUT2D eigenvalue weighted by Crippen LogP contribution is 2.11. The molecule has 17 heavy (non-hydrogen) atoms. The SMILES string of the molecule is Cc1ccc(C=CC(=O)N[C@H](C)CO)c(C)c1. The van der Waals surface area contributed by atoms with Gasteiger partial charge in [0.2, 0.25) is 5.91 Å². The number of benzene rings is 1. The Bertz CT molecular complexity index is 424. The van der Waals surface area contributed by atoms with E-state index >= 15 is 0 Å². The molecule has 0 saturated heterocycles. The summed E-state index contributed by atoms with van der Waals surface area (Å²) in [5.41, 5.74) is 3.38. The highest BCUT2D eigenvalue weighted by atomic mass is 16.3. The molecule has 0 aromatic heterocycles. The van der Waals surface area contributed by atoms with Gasteiger partial charge in [0.15, 0.2) is 0 Å². The van der Waals surface area contributed by atoms with Gasteiger partial charge in [-0.15, -0.1) is 0 Å². The first-order valence-corrected chi connectivity index (χ1v) is 5.69. The van der Waals surface area contributed by atoms with Crippen molar-refractivity contribution in [3.63, 3.8) is 0 Å². The number of nitrogens with one attached hydrogen (secondary N) is 1. The van der Waals surface area contributed by atoms with Gasteiger partial charge in [0.05, 0.1) is 6.61 Å². The van der Waals surface area contributed by atoms with E-state index in [2.05, 4.69) is 11.4 Å². The van der Waals surface area contributed by atoms with E-state index in [9.17, 15) is 4.79 Å². The molecular weight excluding hydrogens is 214 g/mol. The monoisotopic (exact) mass is 233 g/mol. The second kappa shape index (κ2) is 6.21. The molecule has 1 aromatic rings. The van der Waals surface area contributed by atoms with Crippen molar-refractivity contribution in [3.05, 3.63) is 41.0 Å². The fourth-order valence-electron chi connectivity index (χ4n) is 1.51. The van der Waals surface area contributed by atoms with Gasteiger partial charge >= 0.3 is 0 Å². The molecule has 1 atom stereocenters. The Morgan fingerprint density at radius 3 is 2.76 bits per heavy atom. The van der Waals surface area contributed by atoms with Crippen molar-refractivity contribution < 1.29 is 9.90 Å². The normalized spacial score (nSPS) is 12.7. The predicted molar refractivity (Wildman–Crippen MR) is 69.6 cm³/mol. The second-order valence-corrected chi connectivity index (χ2v) is 4.29. The van der Waals surface area contributed by atoms with Gasteiger partial charge in [-0.3, -0.25) is 4.79 Å². The van der Waals surface area contributed by atoms with Crippen LogP contribution < -0.4 is 5.32 Å². The lowest BCUT2D eigenvalue weighted by Crippen LogP contribution is -2.33. The van der Waals surface area contributed by atoms with E-state index in [0.29, 0.717) is 0 Å². The fraction of sp³-hybridized carbons (Fsp3) is 0.357. The number of aliphatic hydroxyl groups excluding tert-OH is 1. The largest absolute Gasteiger partial charge is 0.394 e. The summed E-state index contributed by atoms with van der Waals surface area (Å²) in [4.78, 5) is 11.5. The number of aliphatic hydroxyl groups is 1. The molecule has 0 aliphatic carbocycles. The summed E-state index contributed by atoms with van der Waals surface area (Å²) in [6, 6.07) is 5.87. The Labute approximate surface area is 102 Å². The molecule has 0 radical (unpaired) electrons. The Hall–Kier alpha value is -1.61. The van der Waals surface area contributed by atoms with Gasteiger partial charge in [0.1, 0.15) is 0 Å². The summed E-state index contributed by atoms with van der Waals surface area (Å²) in [5.74, 6) is -0.188. The van der Waals surface area contributed by atoms with Gasteiger partial charge in [-0.2, -0.15) is 0 Å². The smallest absolute Gasteiger partial charge is 0.244 e. The Morgan fingerprint density at radius 2 is 2.18 bits per heavy atom. The second-order valence-electron chi connectivity index (χ2n) is 4.29. The van der Waals surface area contributed by atoms with Crippen LogP contribution >= 0.6 is 0 Å². The van der Waals surface area contributed by atoms with Crippen molar-refractivity contribution >= 4 is 12.0 Å². The Balaban J connectivity index is 2.67. The lowest BCUT2D eigenvalue weighted by Gasteiger charge is -2.08. The summed E-state index contributed by atoms with van der Waals surface area (Å²) in [7, 11) is 0. The molecule has 92 valence electrons. The number of hydrogen-bond acceptors (Lipinski definition) is 2. The summed E-state index contributed by atoms with van der Waals surface area (Å²) < 4.78 is 0. The van der Waals surface area contributed by atoms with Crippen LogP contribution in [0.4, 0.5) is 0 Å². The van der Waals surface area contributed by atoms with Crippen molar-refractivity contribution in [1.82, 2.24) is 5.32 Å². The van der Waals surface area contributed by atoms with Crippen LogP contribution in [0, 0.1) is 13.8 Å². The number of carbonyl (C=O) groups excluding carboxylic acids is 1. The molecule has 1 amide bonds. The van der Waals surface area contributed by atoms with Crippen molar-refractivity contribution in [3.8, 4) is 0 Å². The van der Waals surface area contributed by atoms with Crippen LogP contribution in [0.2, 0.25) is 0 Å². The third-order valence-corrected chi connectivity index (χ3v) is 2.50. The summed E-state index contributed by atoms with van der Waals surface area (Å²) in [6.45, 7) is 5.75. The van der Waals surface area contributed by atoms with E-state index in [0.717, 1.165) is 11.1 Å². The van der Waals surface area contributed by atoms with Gasteiger partial charge in [0.25, 0.3) is 0 Å². The average Bonchev–Trinajstić information content (AvgIpc) is 2.27. The maximum atomic E-state index is 11.5. The molecule has 0 spiro atoms. The fourth-order valence-corrected chi connectivity index (χ4v) is 1.51. The Morgan fingerprint density at radius 1 is 1.47 bits per heavy atom. The van der Waals surface area contributed by atoms with Crippen LogP contribution in [0.15, 0.2) is 24.3 Å². The van der Waals surface area contributed by atoms with Gasteiger partial charge < -0.3 is 10.4 Å².